The zero-order valence-electron chi connectivity index (χ0n) is 8.67. The molecule has 0 spiro atoms. The Bertz CT molecular complexity index is 564. The Hall–Kier alpha value is -1.40. The van der Waals surface area contributed by atoms with Gasteiger partial charge >= 0.3 is 0 Å². The quantitative estimate of drug-likeness (QED) is 0.281. The second kappa shape index (κ2) is 5.29. The molecule has 0 aliphatic carbocycles. The van der Waals surface area contributed by atoms with Crippen molar-refractivity contribution in [2.75, 3.05) is 11.6 Å². The van der Waals surface area contributed by atoms with Crippen molar-refractivity contribution >= 4 is 40.0 Å². The molecular formula is C10H8ClN3O2S. The molecule has 5 nitrogen and oxygen atoms in total. The van der Waals surface area contributed by atoms with Gasteiger partial charge in [-0.25, -0.2) is 9.97 Å². The van der Waals surface area contributed by atoms with E-state index in [0.29, 0.717) is 22.5 Å². The van der Waals surface area contributed by atoms with Crippen LogP contribution in [-0.4, -0.2) is 26.5 Å². The van der Waals surface area contributed by atoms with Gasteiger partial charge in [0.2, 0.25) is 0 Å². The summed E-state index contributed by atoms with van der Waals surface area (Å²) in [6, 6.07) is 4.55. The number of hydrogen-bond acceptors (Lipinski definition) is 5. The van der Waals surface area contributed by atoms with Gasteiger partial charge < -0.3 is 0 Å². The summed E-state index contributed by atoms with van der Waals surface area (Å²) in [4.78, 5) is 18.5. The average Bonchev–Trinajstić information content (AvgIpc) is 2.35. The van der Waals surface area contributed by atoms with Crippen LogP contribution in [0.4, 0.5) is 5.69 Å². The van der Waals surface area contributed by atoms with E-state index in [1.807, 2.05) is 0 Å². The summed E-state index contributed by atoms with van der Waals surface area (Å²) in [6.45, 7) is 0. The number of halogens is 1. The fourth-order valence-electron chi connectivity index (χ4n) is 1.38. The molecule has 0 saturated carbocycles. The molecule has 0 aliphatic rings. The lowest BCUT2D eigenvalue weighted by Crippen LogP contribution is -1.92. The van der Waals surface area contributed by atoms with Crippen LogP contribution in [0.1, 0.15) is 0 Å². The highest BCUT2D eigenvalue weighted by atomic mass is 35.5. The van der Waals surface area contributed by atoms with Crippen LogP contribution >= 0.6 is 23.4 Å². The molecule has 2 aromatic rings. The predicted octanol–water partition coefficient (Wildman–Crippen LogP) is 2.87. The highest BCUT2D eigenvalue weighted by molar-refractivity contribution is 7.99. The van der Waals surface area contributed by atoms with Gasteiger partial charge in [-0.2, -0.15) is 0 Å². The zero-order valence-corrected chi connectivity index (χ0v) is 10.2. The molecule has 1 heterocycles. The molecule has 1 aromatic carbocycles. The van der Waals surface area contributed by atoms with E-state index in [2.05, 4.69) is 9.97 Å². The normalized spacial score (nSPS) is 10.6. The first-order valence-corrected chi connectivity index (χ1v) is 6.32. The third-order valence-electron chi connectivity index (χ3n) is 2.11. The molecule has 0 N–H and O–H groups in total. The first-order chi connectivity index (χ1) is 8.22. The van der Waals surface area contributed by atoms with Gasteiger partial charge in [0.15, 0.2) is 0 Å². The summed E-state index contributed by atoms with van der Waals surface area (Å²) in [6.07, 6.45) is 1.45. The van der Waals surface area contributed by atoms with Gasteiger partial charge in [0, 0.05) is 29.2 Å². The number of thioether (sulfide) groups is 1. The smallest absolute Gasteiger partial charge is 0.258 e. The second-order valence-electron chi connectivity index (χ2n) is 3.17. The second-order valence-corrected chi connectivity index (χ2v) is 4.64. The van der Waals surface area contributed by atoms with Crippen molar-refractivity contribution in [3.63, 3.8) is 0 Å². The van der Waals surface area contributed by atoms with Gasteiger partial charge in [0.05, 0.1) is 10.4 Å². The largest absolute Gasteiger partial charge is 0.270 e. The lowest BCUT2D eigenvalue weighted by atomic mass is 10.2. The van der Waals surface area contributed by atoms with Crippen molar-refractivity contribution in [3.8, 4) is 0 Å². The Morgan fingerprint density at radius 2 is 2.24 bits per heavy atom. The molecule has 0 bridgehead atoms. The Morgan fingerprint density at radius 1 is 1.41 bits per heavy atom. The summed E-state index contributed by atoms with van der Waals surface area (Å²) in [5, 5.41) is 12.1. The Balaban J connectivity index is 2.51. The molecule has 0 fully saturated rings. The van der Waals surface area contributed by atoms with Crippen molar-refractivity contribution in [2.45, 2.75) is 5.03 Å². The SMILES string of the molecule is O=[N+]([O-])c1ccc2ncnc(SCCCl)c2c1. The van der Waals surface area contributed by atoms with Crippen molar-refractivity contribution in [3.05, 3.63) is 34.6 Å². The van der Waals surface area contributed by atoms with E-state index in [1.54, 1.807) is 6.07 Å². The third-order valence-corrected chi connectivity index (χ3v) is 3.53. The molecular weight excluding hydrogens is 262 g/mol. The van der Waals surface area contributed by atoms with E-state index in [1.165, 1.54) is 30.2 Å². The minimum Gasteiger partial charge on any atom is -0.258 e. The number of fused-ring (bicyclic) bond motifs is 1. The molecule has 0 atom stereocenters. The molecule has 0 aliphatic heterocycles. The summed E-state index contributed by atoms with van der Waals surface area (Å²) < 4.78 is 0. The van der Waals surface area contributed by atoms with Crippen LogP contribution in [0.25, 0.3) is 10.9 Å². The number of benzene rings is 1. The number of aromatic nitrogens is 2. The average molecular weight is 270 g/mol. The summed E-state index contributed by atoms with van der Waals surface area (Å²) >= 11 is 7.08. The summed E-state index contributed by atoms with van der Waals surface area (Å²) in [7, 11) is 0. The van der Waals surface area contributed by atoms with Crippen LogP contribution in [0.15, 0.2) is 29.6 Å². The highest BCUT2D eigenvalue weighted by Crippen LogP contribution is 2.27. The van der Waals surface area contributed by atoms with Crippen LogP contribution in [0, 0.1) is 10.1 Å². The zero-order chi connectivity index (χ0) is 12.3. The van der Waals surface area contributed by atoms with E-state index in [9.17, 15) is 10.1 Å². The molecule has 17 heavy (non-hydrogen) atoms. The maximum Gasteiger partial charge on any atom is 0.270 e. The van der Waals surface area contributed by atoms with Gasteiger partial charge in [-0.1, -0.05) is 0 Å². The van der Waals surface area contributed by atoms with E-state index in [0.717, 1.165) is 5.03 Å². The summed E-state index contributed by atoms with van der Waals surface area (Å²) in [5.41, 5.74) is 0.739. The van der Waals surface area contributed by atoms with E-state index in [-0.39, 0.29) is 5.69 Å². The van der Waals surface area contributed by atoms with Crippen LogP contribution in [0.5, 0.6) is 0 Å². The maximum atomic E-state index is 10.7. The van der Waals surface area contributed by atoms with Crippen molar-refractivity contribution in [2.24, 2.45) is 0 Å². The third kappa shape index (κ3) is 2.65. The van der Waals surface area contributed by atoms with Crippen LogP contribution in [0.2, 0.25) is 0 Å². The van der Waals surface area contributed by atoms with Gasteiger partial charge in [-0.3, -0.25) is 10.1 Å². The molecule has 88 valence electrons. The minimum atomic E-state index is -0.428. The van der Waals surface area contributed by atoms with Crippen molar-refractivity contribution in [1.82, 2.24) is 9.97 Å². The Labute approximate surface area is 106 Å². The monoisotopic (exact) mass is 269 g/mol. The number of non-ortho nitro benzene ring substituents is 1. The summed E-state index contributed by atoms with van der Waals surface area (Å²) in [5.74, 6) is 1.21. The number of rotatable bonds is 4. The van der Waals surface area contributed by atoms with E-state index >= 15 is 0 Å². The lowest BCUT2D eigenvalue weighted by molar-refractivity contribution is -0.384. The molecule has 0 saturated heterocycles. The first kappa shape index (κ1) is 12.1. The molecule has 0 radical (unpaired) electrons. The van der Waals surface area contributed by atoms with Gasteiger partial charge in [-0.15, -0.1) is 23.4 Å². The van der Waals surface area contributed by atoms with Crippen LogP contribution < -0.4 is 0 Å². The van der Waals surface area contributed by atoms with Gasteiger partial charge in [0.1, 0.15) is 11.4 Å². The number of hydrogen-bond donors (Lipinski definition) is 0. The predicted molar refractivity (Wildman–Crippen MR) is 67.6 cm³/mol. The topological polar surface area (TPSA) is 68.9 Å². The molecule has 2 rings (SSSR count). The van der Waals surface area contributed by atoms with E-state index in [4.69, 9.17) is 11.6 Å². The molecule has 0 unspecified atom stereocenters. The minimum absolute atomic E-state index is 0.0417. The molecule has 7 heteroatoms. The van der Waals surface area contributed by atoms with Gasteiger partial charge in [-0.05, 0) is 6.07 Å². The van der Waals surface area contributed by atoms with E-state index < -0.39 is 4.92 Å². The maximum absolute atomic E-state index is 10.7. The fraction of sp³-hybridized carbons (Fsp3) is 0.200. The fourth-order valence-corrected chi connectivity index (χ4v) is 2.33. The number of nitro groups is 1. The van der Waals surface area contributed by atoms with Crippen LogP contribution in [-0.2, 0) is 0 Å². The number of nitrogens with zero attached hydrogens (tertiary/aromatic N) is 3. The van der Waals surface area contributed by atoms with Crippen LogP contribution in [0.3, 0.4) is 0 Å². The van der Waals surface area contributed by atoms with Crippen molar-refractivity contribution in [1.29, 1.82) is 0 Å². The van der Waals surface area contributed by atoms with Crippen molar-refractivity contribution < 1.29 is 4.92 Å². The lowest BCUT2D eigenvalue weighted by Gasteiger charge is -2.03. The first-order valence-electron chi connectivity index (χ1n) is 4.80. The Kier molecular flexibility index (Phi) is 3.75. The molecule has 0 amide bonds. The molecule has 1 aromatic heterocycles. The van der Waals surface area contributed by atoms with Gasteiger partial charge in [0.25, 0.3) is 5.69 Å². The standard InChI is InChI=1S/C10H8ClN3O2S/c11-3-4-17-10-8-5-7(14(15)16)1-2-9(8)12-6-13-10/h1-2,5-6H,3-4H2. The highest BCUT2D eigenvalue weighted by Gasteiger charge is 2.10. The number of nitro benzene ring substituents is 1. The Morgan fingerprint density at radius 3 is 2.94 bits per heavy atom. The number of alkyl halides is 1.